The number of hydrogen-bond acceptors (Lipinski definition) is 5. The maximum Gasteiger partial charge on any atom is 0.319 e. The van der Waals surface area contributed by atoms with E-state index in [9.17, 15) is 20.1 Å². The molecular formula is C9H16N2O5. The zero-order valence-corrected chi connectivity index (χ0v) is 8.74. The van der Waals surface area contributed by atoms with Gasteiger partial charge in [-0.05, 0) is 6.42 Å². The molecule has 2 rings (SSSR count). The number of ether oxygens (including phenoxy) is 1. The maximum atomic E-state index is 11.5. The van der Waals surface area contributed by atoms with Gasteiger partial charge in [0, 0.05) is 13.1 Å². The summed E-state index contributed by atoms with van der Waals surface area (Å²) in [7, 11) is 0. The summed E-state index contributed by atoms with van der Waals surface area (Å²) in [6, 6.07) is -0.320. The number of urea groups is 1. The first-order valence-corrected chi connectivity index (χ1v) is 5.31. The predicted octanol–water partition coefficient (Wildman–Crippen LogP) is -2.16. The third-order valence-electron chi connectivity index (χ3n) is 2.89. The van der Waals surface area contributed by atoms with Gasteiger partial charge in [0.05, 0.1) is 6.61 Å². The normalized spacial score (nSPS) is 40.7. The molecule has 2 aliphatic rings. The van der Waals surface area contributed by atoms with Crippen LogP contribution >= 0.6 is 0 Å². The summed E-state index contributed by atoms with van der Waals surface area (Å²) in [5.74, 6) is 0. The number of carbonyl (C=O) groups is 1. The van der Waals surface area contributed by atoms with Gasteiger partial charge < -0.3 is 25.4 Å². The van der Waals surface area contributed by atoms with Crippen molar-refractivity contribution in [1.29, 1.82) is 0 Å². The number of aliphatic hydroxyl groups excluding tert-OH is 3. The zero-order chi connectivity index (χ0) is 11.7. The molecule has 7 heteroatoms. The minimum atomic E-state index is -1.28. The Morgan fingerprint density at radius 1 is 1.31 bits per heavy atom. The van der Waals surface area contributed by atoms with E-state index in [0.29, 0.717) is 13.1 Å². The molecule has 0 spiro atoms. The fourth-order valence-electron chi connectivity index (χ4n) is 1.96. The molecule has 2 fully saturated rings. The first-order valence-electron chi connectivity index (χ1n) is 5.31. The Bertz CT molecular complexity index is 275. The van der Waals surface area contributed by atoms with E-state index in [1.807, 2.05) is 0 Å². The standard InChI is InChI=1S/C9H16N2O5/c12-5-4-16-8(7(14)6(5)13)11-3-1-2-10-9(11)15/h5-8,12-14H,1-4H2,(H,10,15)/t5-,6+,7+,8?/m1/s1. The summed E-state index contributed by atoms with van der Waals surface area (Å²) in [5.41, 5.74) is 0. The highest BCUT2D eigenvalue weighted by atomic mass is 16.5. The van der Waals surface area contributed by atoms with Crippen LogP contribution in [-0.2, 0) is 4.74 Å². The summed E-state index contributed by atoms with van der Waals surface area (Å²) < 4.78 is 5.19. The van der Waals surface area contributed by atoms with Gasteiger partial charge in [-0.1, -0.05) is 0 Å². The van der Waals surface area contributed by atoms with Gasteiger partial charge in [0.25, 0.3) is 0 Å². The van der Waals surface area contributed by atoms with Crippen LogP contribution in [0.2, 0.25) is 0 Å². The lowest BCUT2D eigenvalue weighted by Gasteiger charge is -2.42. The zero-order valence-electron chi connectivity index (χ0n) is 8.74. The van der Waals surface area contributed by atoms with E-state index in [0.717, 1.165) is 6.42 Å². The van der Waals surface area contributed by atoms with Crippen molar-refractivity contribution >= 4 is 6.03 Å². The number of hydrogen-bond donors (Lipinski definition) is 4. The maximum absolute atomic E-state index is 11.5. The topological polar surface area (TPSA) is 102 Å². The van der Waals surface area contributed by atoms with Crippen molar-refractivity contribution in [3.8, 4) is 0 Å². The van der Waals surface area contributed by atoms with Crippen LogP contribution < -0.4 is 5.32 Å². The van der Waals surface area contributed by atoms with Crippen molar-refractivity contribution in [2.45, 2.75) is 31.0 Å². The molecule has 92 valence electrons. The van der Waals surface area contributed by atoms with Gasteiger partial charge in [-0.15, -0.1) is 0 Å². The van der Waals surface area contributed by atoms with Crippen molar-refractivity contribution < 1.29 is 24.9 Å². The van der Waals surface area contributed by atoms with Crippen LogP contribution in [0.4, 0.5) is 4.79 Å². The van der Waals surface area contributed by atoms with Crippen molar-refractivity contribution in [2.75, 3.05) is 19.7 Å². The first-order chi connectivity index (χ1) is 7.61. The Balaban J connectivity index is 2.05. The van der Waals surface area contributed by atoms with Crippen LogP contribution in [0.5, 0.6) is 0 Å². The lowest BCUT2D eigenvalue weighted by molar-refractivity contribution is -0.220. The van der Waals surface area contributed by atoms with Crippen LogP contribution in [0, 0.1) is 0 Å². The van der Waals surface area contributed by atoms with E-state index in [2.05, 4.69) is 5.32 Å². The fourth-order valence-corrected chi connectivity index (χ4v) is 1.96. The number of aliphatic hydroxyl groups is 3. The molecule has 0 aromatic rings. The summed E-state index contributed by atoms with van der Waals surface area (Å²) in [5, 5.41) is 31.1. The molecule has 2 amide bonds. The third kappa shape index (κ3) is 1.99. The van der Waals surface area contributed by atoms with Gasteiger partial charge in [0.15, 0.2) is 6.23 Å². The van der Waals surface area contributed by atoms with E-state index >= 15 is 0 Å². The Labute approximate surface area is 92.6 Å². The summed E-state index contributed by atoms with van der Waals surface area (Å²) in [6.45, 7) is 0.979. The molecule has 0 bridgehead atoms. The lowest BCUT2D eigenvalue weighted by Crippen LogP contribution is -2.63. The molecule has 0 aromatic carbocycles. The van der Waals surface area contributed by atoms with E-state index in [4.69, 9.17) is 4.74 Å². The second kappa shape index (κ2) is 4.54. The van der Waals surface area contributed by atoms with E-state index < -0.39 is 24.5 Å². The highest BCUT2D eigenvalue weighted by Gasteiger charge is 2.42. The molecule has 0 radical (unpaired) electrons. The number of nitrogens with zero attached hydrogens (tertiary/aromatic N) is 1. The van der Waals surface area contributed by atoms with E-state index in [1.54, 1.807) is 0 Å². The first kappa shape index (κ1) is 11.6. The quantitative estimate of drug-likeness (QED) is 0.412. The van der Waals surface area contributed by atoms with Gasteiger partial charge in [-0.25, -0.2) is 4.79 Å². The fraction of sp³-hybridized carbons (Fsp3) is 0.889. The average molecular weight is 232 g/mol. The third-order valence-corrected chi connectivity index (χ3v) is 2.89. The van der Waals surface area contributed by atoms with Crippen molar-refractivity contribution in [3.63, 3.8) is 0 Å². The van der Waals surface area contributed by atoms with Crippen LogP contribution in [0.1, 0.15) is 6.42 Å². The average Bonchev–Trinajstić information content (AvgIpc) is 2.28. The number of rotatable bonds is 1. The van der Waals surface area contributed by atoms with Crippen molar-refractivity contribution in [3.05, 3.63) is 0 Å². The highest BCUT2D eigenvalue weighted by Crippen LogP contribution is 2.20. The molecule has 0 aliphatic carbocycles. The largest absolute Gasteiger partial charge is 0.388 e. The second-order valence-electron chi connectivity index (χ2n) is 4.05. The van der Waals surface area contributed by atoms with E-state index in [1.165, 1.54) is 4.90 Å². The van der Waals surface area contributed by atoms with Gasteiger partial charge in [0.2, 0.25) is 0 Å². The molecule has 0 saturated carbocycles. The van der Waals surface area contributed by atoms with Crippen LogP contribution in [0.25, 0.3) is 0 Å². The summed E-state index contributed by atoms with van der Waals surface area (Å²) >= 11 is 0. The Morgan fingerprint density at radius 3 is 2.75 bits per heavy atom. The Morgan fingerprint density at radius 2 is 2.06 bits per heavy atom. The second-order valence-corrected chi connectivity index (χ2v) is 4.05. The van der Waals surface area contributed by atoms with Crippen LogP contribution in [0.3, 0.4) is 0 Å². The Hall–Kier alpha value is -0.890. The van der Waals surface area contributed by atoms with Gasteiger partial charge >= 0.3 is 6.03 Å². The monoisotopic (exact) mass is 232 g/mol. The lowest BCUT2D eigenvalue weighted by atomic mass is 10.0. The van der Waals surface area contributed by atoms with Crippen molar-refractivity contribution in [2.24, 2.45) is 0 Å². The van der Waals surface area contributed by atoms with Crippen LogP contribution in [0.15, 0.2) is 0 Å². The van der Waals surface area contributed by atoms with Gasteiger partial charge in [0.1, 0.15) is 18.3 Å². The molecular weight excluding hydrogens is 216 g/mol. The molecule has 4 N–H and O–H groups in total. The molecule has 16 heavy (non-hydrogen) atoms. The predicted molar refractivity (Wildman–Crippen MR) is 52.5 cm³/mol. The molecule has 2 saturated heterocycles. The SMILES string of the molecule is O=C1NCCCN1C1OC[C@@H](O)[C@H](O)[C@@H]1O. The molecule has 2 heterocycles. The van der Waals surface area contributed by atoms with Gasteiger partial charge in [-0.2, -0.15) is 0 Å². The number of amides is 2. The van der Waals surface area contributed by atoms with E-state index in [-0.39, 0.29) is 12.6 Å². The van der Waals surface area contributed by atoms with Gasteiger partial charge in [-0.3, -0.25) is 4.90 Å². The summed E-state index contributed by atoms with van der Waals surface area (Å²) in [4.78, 5) is 12.8. The number of carbonyl (C=O) groups excluding carboxylic acids is 1. The smallest absolute Gasteiger partial charge is 0.319 e. The molecule has 7 nitrogen and oxygen atoms in total. The molecule has 2 aliphatic heterocycles. The van der Waals surface area contributed by atoms with Crippen molar-refractivity contribution in [1.82, 2.24) is 10.2 Å². The Kier molecular flexibility index (Phi) is 3.29. The number of nitrogens with one attached hydrogen (secondary N) is 1. The molecule has 0 aromatic heterocycles. The minimum absolute atomic E-state index is 0.0906. The molecule has 4 atom stereocenters. The highest BCUT2D eigenvalue weighted by molar-refractivity contribution is 5.75. The summed E-state index contributed by atoms with van der Waals surface area (Å²) in [6.07, 6.45) is -3.81. The molecule has 1 unspecified atom stereocenters. The van der Waals surface area contributed by atoms with Crippen LogP contribution in [-0.4, -0.2) is 70.5 Å². The minimum Gasteiger partial charge on any atom is -0.388 e.